The maximum absolute atomic E-state index is 10.5. The van der Waals surface area contributed by atoms with Gasteiger partial charge in [0, 0.05) is 22.4 Å². The molecular formula is C9H10AgN2O5. The molecule has 0 heterocycles. The van der Waals surface area contributed by atoms with Crippen LogP contribution in [0.2, 0.25) is 0 Å². The van der Waals surface area contributed by atoms with Gasteiger partial charge < -0.3 is 10.8 Å². The zero-order valence-corrected chi connectivity index (χ0v) is 9.98. The number of carbonyl (C=O) groups is 1. The molecule has 1 rings (SSSR count). The van der Waals surface area contributed by atoms with Crippen molar-refractivity contribution in [1.82, 2.24) is 0 Å². The van der Waals surface area contributed by atoms with Gasteiger partial charge in [0.1, 0.15) is 11.8 Å². The van der Waals surface area contributed by atoms with Crippen LogP contribution in [-0.4, -0.2) is 22.2 Å². The minimum absolute atomic E-state index is 0. The largest absolute Gasteiger partial charge is 0.480 e. The van der Waals surface area contributed by atoms with Crippen LogP contribution in [0.5, 0.6) is 5.75 Å². The van der Waals surface area contributed by atoms with Crippen molar-refractivity contribution in [3.63, 3.8) is 0 Å². The predicted octanol–water partition coefficient (Wildman–Crippen LogP) is 0.209. The Kier molecular flexibility index (Phi) is 6.44. The molecule has 97 valence electrons. The minimum Gasteiger partial charge on any atom is -0.480 e. The van der Waals surface area contributed by atoms with E-state index in [0.717, 1.165) is 0 Å². The van der Waals surface area contributed by atoms with Gasteiger partial charge in [-0.05, 0) is 24.1 Å². The Morgan fingerprint density at radius 1 is 1.47 bits per heavy atom. The van der Waals surface area contributed by atoms with E-state index in [4.69, 9.17) is 10.8 Å². The Bertz CT molecular complexity index is 395. The van der Waals surface area contributed by atoms with Crippen LogP contribution < -0.4 is 10.6 Å². The molecule has 0 saturated carbocycles. The summed E-state index contributed by atoms with van der Waals surface area (Å²) in [6.07, 6.45) is 0.161. The molecule has 1 radical (unpaired) electrons. The van der Waals surface area contributed by atoms with Gasteiger partial charge in [0.2, 0.25) is 0 Å². The van der Waals surface area contributed by atoms with Gasteiger partial charge in [-0.15, -0.1) is 10.1 Å². The summed E-state index contributed by atoms with van der Waals surface area (Å²) in [5.41, 5.74) is 6.00. The van der Waals surface area contributed by atoms with E-state index in [9.17, 15) is 14.9 Å². The first kappa shape index (κ1) is 15.6. The van der Waals surface area contributed by atoms with E-state index in [0.29, 0.717) is 5.56 Å². The predicted molar refractivity (Wildman–Crippen MR) is 53.4 cm³/mol. The summed E-state index contributed by atoms with van der Waals surface area (Å²) in [5, 5.41) is 17.7. The summed E-state index contributed by atoms with van der Waals surface area (Å²) in [5.74, 6) is -1.01. The second-order valence-electron chi connectivity index (χ2n) is 3.11. The second-order valence-corrected chi connectivity index (χ2v) is 3.11. The second kappa shape index (κ2) is 7.02. The van der Waals surface area contributed by atoms with Crippen molar-refractivity contribution >= 4 is 5.97 Å². The van der Waals surface area contributed by atoms with Gasteiger partial charge in [0.25, 0.3) is 5.09 Å². The van der Waals surface area contributed by atoms with Gasteiger partial charge in [-0.3, -0.25) is 9.63 Å². The van der Waals surface area contributed by atoms with Gasteiger partial charge in [-0.1, -0.05) is 12.1 Å². The number of rotatable bonds is 5. The number of nitrogens with zero attached hydrogens (tertiary/aromatic N) is 1. The van der Waals surface area contributed by atoms with Crippen LogP contribution in [0.3, 0.4) is 0 Å². The molecule has 0 aliphatic carbocycles. The van der Waals surface area contributed by atoms with Gasteiger partial charge in [-0.2, -0.15) is 0 Å². The molecule has 1 atom stereocenters. The molecule has 0 saturated heterocycles. The molecule has 3 N–H and O–H groups in total. The van der Waals surface area contributed by atoms with Gasteiger partial charge in [-0.25, -0.2) is 0 Å². The standard InChI is InChI=1S/C9H10N2O5.Ag/c10-8(9(12)13)5-6-1-3-7(4-2-6)16-11(14)15;/h1-4,8H,5,10H2,(H,12,13);/t8-;/m0./s1. The van der Waals surface area contributed by atoms with Gasteiger partial charge in [0.05, 0.1) is 0 Å². The van der Waals surface area contributed by atoms with Crippen LogP contribution in [0.4, 0.5) is 0 Å². The number of carboxylic acids is 1. The molecule has 8 heteroatoms. The molecule has 0 aliphatic heterocycles. The zero-order chi connectivity index (χ0) is 12.1. The van der Waals surface area contributed by atoms with E-state index in [2.05, 4.69) is 4.84 Å². The summed E-state index contributed by atoms with van der Waals surface area (Å²) in [7, 11) is 0. The third-order valence-corrected chi connectivity index (χ3v) is 1.88. The molecule has 1 aromatic rings. The van der Waals surface area contributed by atoms with Crippen molar-refractivity contribution in [1.29, 1.82) is 0 Å². The first-order chi connectivity index (χ1) is 7.49. The van der Waals surface area contributed by atoms with Crippen molar-refractivity contribution in [2.45, 2.75) is 12.5 Å². The van der Waals surface area contributed by atoms with E-state index < -0.39 is 17.1 Å². The molecule has 0 unspecified atom stereocenters. The van der Waals surface area contributed by atoms with Crippen LogP contribution in [0, 0.1) is 10.1 Å². The summed E-state index contributed by atoms with van der Waals surface area (Å²) >= 11 is 0. The molecule has 0 spiro atoms. The quantitative estimate of drug-likeness (QED) is 0.452. The number of aliphatic carboxylic acids is 1. The molecular weight excluding hydrogens is 324 g/mol. The first-order valence-corrected chi connectivity index (χ1v) is 4.38. The number of hydrogen-bond acceptors (Lipinski definition) is 5. The summed E-state index contributed by atoms with van der Waals surface area (Å²) in [6.45, 7) is 0. The Morgan fingerprint density at radius 3 is 2.41 bits per heavy atom. The normalized spacial score (nSPS) is 11.1. The minimum atomic E-state index is -1.09. The van der Waals surface area contributed by atoms with Crippen molar-refractivity contribution in [3.8, 4) is 5.75 Å². The van der Waals surface area contributed by atoms with Crippen LogP contribution in [0.15, 0.2) is 24.3 Å². The fourth-order valence-corrected chi connectivity index (χ4v) is 1.11. The van der Waals surface area contributed by atoms with E-state index in [1.54, 1.807) is 0 Å². The van der Waals surface area contributed by atoms with Crippen molar-refractivity contribution in [2.75, 3.05) is 0 Å². The topological polar surface area (TPSA) is 116 Å². The van der Waals surface area contributed by atoms with Crippen LogP contribution in [-0.2, 0) is 33.6 Å². The maximum atomic E-state index is 10.5. The average Bonchev–Trinajstić information content (AvgIpc) is 2.20. The maximum Gasteiger partial charge on any atom is 0.320 e. The molecule has 1 aromatic carbocycles. The van der Waals surface area contributed by atoms with Crippen molar-refractivity contribution in [3.05, 3.63) is 39.9 Å². The SMILES string of the molecule is N[C@@H](Cc1ccc(O[N+](=O)[O-])cc1)C(=O)O.[Ag]. The molecule has 0 aliphatic rings. The molecule has 17 heavy (non-hydrogen) atoms. The molecule has 0 bridgehead atoms. The summed E-state index contributed by atoms with van der Waals surface area (Å²) < 4.78 is 0. The van der Waals surface area contributed by atoms with Crippen LogP contribution in [0.1, 0.15) is 5.56 Å². The third kappa shape index (κ3) is 5.46. The van der Waals surface area contributed by atoms with Crippen molar-refractivity contribution in [2.24, 2.45) is 5.73 Å². The van der Waals surface area contributed by atoms with Crippen LogP contribution in [0.25, 0.3) is 0 Å². The van der Waals surface area contributed by atoms with Crippen molar-refractivity contribution < 1.29 is 42.2 Å². The Morgan fingerprint density at radius 2 is 2.00 bits per heavy atom. The Balaban J connectivity index is 0.00000256. The van der Waals surface area contributed by atoms with E-state index in [-0.39, 0.29) is 34.6 Å². The van der Waals surface area contributed by atoms with E-state index in [1.807, 2.05) is 0 Å². The van der Waals surface area contributed by atoms with Crippen LogP contribution >= 0.6 is 0 Å². The molecule has 0 amide bonds. The number of carboxylic acid groups (broad SMARTS) is 1. The molecule has 0 aromatic heterocycles. The average molecular weight is 334 g/mol. The fourth-order valence-electron chi connectivity index (χ4n) is 1.11. The first-order valence-electron chi connectivity index (χ1n) is 4.38. The zero-order valence-electron chi connectivity index (χ0n) is 8.50. The van der Waals surface area contributed by atoms with E-state index >= 15 is 0 Å². The summed E-state index contributed by atoms with van der Waals surface area (Å²) in [6, 6.07) is 4.84. The monoisotopic (exact) mass is 333 g/mol. The Labute approximate surface area is 112 Å². The number of nitrogens with two attached hydrogens (primary N) is 1. The van der Waals surface area contributed by atoms with Gasteiger partial charge in [0.15, 0.2) is 0 Å². The number of benzene rings is 1. The summed E-state index contributed by atoms with van der Waals surface area (Å²) in [4.78, 5) is 24.7. The fraction of sp³-hybridized carbons (Fsp3) is 0.222. The smallest absolute Gasteiger partial charge is 0.320 e. The third-order valence-electron chi connectivity index (χ3n) is 1.88. The number of hydrogen-bond donors (Lipinski definition) is 2. The Hall–Kier alpha value is -1.41. The van der Waals surface area contributed by atoms with E-state index in [1.165, 1.54) is 24.3 Å². The van der Waals surface area contributed by atoms with Gasteiger partial charge >= 0.3 is 5.97 Å². The molecule has 7 nitrogen and oxygen atoms in total. The molecule has 0 fully saturated rings.